The van der Waals surface area contributed by atoms with Crippen LogP contribution in [0.15, 0.2) is 47.1 Å². The zero-order valence-corrected chi connectivity index (χ0v) is 15.6. The third-order valence-electron chi connectivity index (χ3n) is 5.05. The van der Waals surface area contributed by atoms with Crippen molar-refractivity contribution in [2.45, 2.75) is 32.1 Å². The van der Waals surface area contributed by atoms with Gasteiger partial charge in [0.15, 0.2) is 5.76 Å². The maximum absolute atomic E-state index is 13.2. The molecule has 144 valence electrons. The van der Waals surface area contributed by atoms with Gasteiger partial charge in [0.05, 0.1) is 6.26 Å². The van der Waals surface area contributed by atoms with Crippen molar-refractivity contribution in [2.75, 3.05) is 26.2 Å². The minimum atomic E-state index is -0.266. The van der Waals surface area contributed by atoms with Crippen LogP contribution in [0.25, 0.3) is 0 Å². The Bertz CT molecular complexity index is 750. The van der Waals surface area contributed by atoms with E-state index in [-0.39, 0.29) is 23.5 Å². The topological polar surface area (TPSA) is 53.8 Å². The average molecular weight is 372 g/mol. The summed E-state index contributed by atoms with van der Waals surface area (Å²) in [6.07, 6.45) is 3.73. The second-order valence-electron chi connectivity index (χ2n) is 6.89. The van der Waals surface area contributed by atoms with Crippen molar-refractivity contribution in [3.05, 3.63) is 59.8 Å². The van der Waals surface area contributed by atoms with E-state index in [0.29, 0.717) is 38.4 Å². The van der Waals surface area contributed by atoms with Crippen LogP contribution >= 0.6 is 0 Å². The molecule has 0 aliphatic carbocycles. The van der Waals surface area contributed by atoms with Gasteiger partial charge in [-0.2, -0.15) is 0 Å². The van der Waals surface area contributed by atoms with Crippen molar-refractivity contribution in [2.24, 2.45) is 0 Å². The Balaban J connectivity index is 1.56. The SMILES string of the molecule is CCCC(CC(=O)N1CCN(C(=O)c2ccco2)CC1)c1ccc(F)cc1. The molecule has 6 heteroatoms. The molecule has 0 saturated carbocycles. The normalized spacial score (nSPS) is 15.6. The summed E-state index contributed by atoms with van der Waals surface area (Å²) in [4.78, 5) is 28.6. The third-order valence-corrected chi connectivity index (χ3v) is 5.05. The first kappa shape index (κ1) is 19.1. The molecule has 3 rings (SSSR count). The van der Waals surface area contributed by atoms with Crippen LogP contribution < -0.4 is 0 Å². The van der Waals surface area contributed by atoms with E-state index in [2.05, 4.69) is 6.92 Å². The predicted molar refractivity (Wildman–Crippen MR) is 99.9 cm³/mol. The van der Waals surface area contributed by atoms with Gasteiger partial charge in [-0.05, 0) is 42.2 Å². The molecular weight excluding hydrogens is 347 g/mol. The molecule has 0 N–H and O–H groups in total. The predicted octanol–water partition coefficient (Wildman–Crippen LogP) is 3.68. The molecule has 2 amide bonds. The smallest absolute Gasteiger partial charge is 0.289 e. The highest BCUT2D eigenvalue weighted by Gasteiger charge is 2.27. The van der Waals surface area contributed by atoms with Gasteiger partial charge in [-0.1, -0.05) is 25.5 Å². The second-order valence-corrected chi connectivity index (χ2v) is 6.89. The van der Waals surface area contributed by atoms with Crippen LogP contribution in [-0.2, 0) is 4.79 Å². The number of nitrogens with zero attached hydrogens (tertiary/aromatic N) is 2. The number of hydrogen-bond acceptors (Lipinski definition) is 3. The van der Waals surface area contributed by atoms with Crippen molar-refractivity contribution in [3.63, 3.8) is 0 Å². The van der Waals surface area contributed by atoms with Gasteiger partial charge >= 0.3 is 0 Å². The van der Waals surface area contributed by atoms with E-state index in [4.69, 9.17) is 4.42 Å². The number of halogens is 1. The molecule has 1 aromatic carbocycles. The molecule has 1 aliphatic heterocycles. The van der Waals surface area contributed by atoms with Crippen LogP contribution in [0.3, 0.4) is 0 Å². The minimum Gasteiger partial charge on any atom is -0.459 e. The molecular formula is C21H25FN2O3. The summed E-state index contributed by atoms with van der Waals surface area (Å²) in [5.41, 5.74) is 0.998. The Hall–Kier alpha value is -2.63. The first-order valence-corrected chi connectivity index (χ1v) is 9.44. The Morgan fingerprint density at radius 1 is 1.07 bits per heavy atom. The number of benzene rings is 1. The molecule has 2 aromatic rings. The Kier molecular flexibility index (Phi) is 6.27. The fourth-order valence-corrected chi connectivity index (χ4v) is 3.52. The van der Waals surface area contributed by atoms with Crippen LogP contribution in [0, 0.1) is 5.82 Å². The summed E-state index contributed by atoms with van der Waals surface area (Å²) in [5, 5.41) is 0. The van der Waals surface area contributed by atoms with E-state index in [0.717, 1.165) is 18.4 Å². The largest absolute Gasteiger partial charge is 0.459 e. The monoisotopic (exact) mass is 372 g/mol. The lowest BCUT2D eigenvalue weighted by Crippen LogP contribution is -2.50. The molecule has 0 radical (unpaired) electrons. The first-order valence-electron chi connectivity index (χ1n) is 9.44. The zero-order chi connectivity index (χ0) is 19.2. The molecule has 1 unspecified atom stereocenters. The summed E-state index contributed by atoms with van der Waals surface area (Å²) in [6.45, 7) is 4.13. The first-order chi connectivity index (χ1) is 13.1. The number of amides is 2. The van der Waals surface area contributed by atoms with Crippen LogP contribution in [0.2, 0.25) is 0 Å². The van der Waals surface area contributed by atoms with Gasteiger partial charge in [0, 0.05) is 32.6 Å². The summed E-state index contributed by atoms with van der Waals surface area (Å²) >= 11 is 0. The molecule has 1 aromatic heterocycles. The van der Waals surface area contributed by atoms with Crippen LogP contribution in [0.1, 0.15) is 48.2 Å². The minimum absolute atomic E-state index is 0.0860. The summed E-state index contributed by atoms with van der Waals surface area (Å²) in [6, 6.07) is 9.77. The number of carbonyl (C=O) groups excluding carboxylic acids is 2. The van der Waals surface area contributed by atoms with E-state index in [1.165, 1.54) is 18.4 Å². The van der Waals surface area contributed by atoms with Crippen molar-refractivity contribution in [1.82, 2.24) is 9.80 Å². The van der Waals surface area contributed by atoms with Gasteiger partial charge in [0.2, 0.25) is 5.91 Å². The lowest BCUT2D eigenvalue weighted by atomic mass is 9.91. The van der Waals surface area contributed by atoms with Gasteiger partial charge < -0.3 is 14.2 Å². The van der Waals surface area contributed by atoms with E-state index in [1.807, 2.05) is 4.90 Å². The highest BCUT2D eigenvalue weighted by molar-refractivity contribution is 5.91. The summed E-state index contributed by atoms with van der Waals surface area (Å²) in [5.74, 6) is 0.0998. The van der Waals surface area contributed by atoms with Crippen molar-refractivity contribution >= 4 is 11.8 Å². The Morgan fingerprint density at radius 2 is 1.74 bits per heavy atom. The van der Waals surface area contributed by atoms with Crippen molar-refractivity contribution in [3.8, 4) is 0 Å². The number of furan rings is 1. The molecule has 27 heavy (non-hydrogen) atoms. The second kappa shape index (κ2) is 8.84. The maximum atomic E-state index is 13.2. The highest BCUT2D eigenvalue weighted by atomic mass is 19.1. The van der Waals surface area contributed by atoms with Gasteiger partial charge in [-0.25, -0.2) is 4.39 Å². The number of carbonyl (C=O) groups is 2. The molecule has 5 nitrogen and oxygen atoms in total. The maximum Gasteiger partial charge on any atom is 0.289 e. The van der Waals surface area contributed by atoms with Crippen molar-refractivity contribution in [1.29, 1.82) is 0 Å². The Labute approximate surface area is 158 Å². The van der Waals surface area contributed by atoms with Gasteiger partial charge in [-0.15, -0.1) is 0 Å². The van der Waals surface area contributed by atoms with Crippen LogP contribution in [-0.4, -0.2) is 47.8 Å². The number of hydrogen-bond donors (Lipinski definition) is 0. The van der Waals surface area contributed by atoms with E-state index < -0.39 is 0 Å². The van der Waals surface area contributed by atoms with E-state index in [9.17, 15) is 14.0 Å². The Morgan fingerprint density at radius 3 is 2.33 bits per heavy atom. The van der Waals surface area contributed by atoms with Crippen LogP contribution in [0.4, 0.5) is 4.39 Å². The average Bonchev–Trinajstić information content (AvgIpc) is 3.22. The highest BCUT2D eigenvalue weighted by Crippen LogP contribution is 2.26. The number of rotatable bonds is 6. The van der Waals surface area contributed by atoms with Crippen molar-refractivity contribution < 1.29 is 18.4 Å². The summed E-state index contributed by atoms with van der Waals surface area (Å²) in [7, 11) is 0. The molecule has 1 atom stereocenters. The van der Waals surface area contributed by atoms with E-state index in [1.54, 1.807) is 29.2 Å². The standard InChI is InChI=1S/C21H25FN2O3/c1-2-4-17(16-6-8-18(22)9-7-16)15-20(25)23-10-12-24(13-11-23)21(26)19-5-3-14-27-19/h3,5-9,14,17H,2,4,10-13,15H2,1H3. The van der Waals surface area contributed by atoms with Gasteiger partial charge in [0.1, 0.15) is 5.82 Å². The lowest BCUT2D eigenvalue weighted by molar-refractivity contribution is -0.133. The zero-order valence-electron chi connectivity index (χ0n) is 15.6. The van der Waals surface area contributed by atoms with Gasteiger partial charge in [0.25, 0.3) is 5.91 Å². The van der Waals surface area contributed by atoms with E-state index >= 15 is 0 Å². The molecule has 1 fully saturated rings. The summed E-state index contributed by atoms with van der Waals surface area (Å²) < 4.78 is 18.3. The fourth-order valence-electron chi connectivity index (χ4n) is 3.52. The lowest BCUT2D eigenvalue weighted by Gasteiger charge is -2.35. The quantitative estimate of drug-likeness (QED) is 0.777. The third kappa shape index (κ3) is 4.76. The van der Waals surface area contributed by atoms with Crippen LogP contribution in [0.5, 0.6) is 0 Å². The molecule has 1 aliphatic rings. The molecule has 1 saturated heterocycles. The fraction of sp³-hybridized carbons (Fsp3) is 0.429. The molecule has 0 bridgehead atoms. The molecule has 2 heterocycles. The molecule has 0 spiro atoms. The van der Waals surface area contributed by atoms with Gasteiger partial charge in [-0.3, -0.25) is 9.59 Å². The number of piperazine rings is 1.